The molecule has 2 aromatic carbocycles. The van der Waals surface area contributed by atoms with Crippen LogP contribution in [0.15, 0.2) is 54.7 Å². The Bertz CT molecular complexity index is 1330. The van der Waals surface area contributed by atoms with Gasteiger partial charge in [-0.15, -0.1) is 0 Å². The maximum atomic E-state index is 13.7. The van der Waals surface area contributed by atoms with Gasteiger partial charge < -0.3 is 15.3 Å². The number of benzene rings is 2. The summed E-state index contributed by atoms with van der Waals surface area (Å²) in [6.07, 6.45) is -8.78. The minimum absolute atomic E-state index is 0.0201. The van der Waals surface area contributed by atoms with E-state index in [4.69, 9.17) is 11.6 Å². The zero-order valence-corrected chi connectivity index (χ0v) is 22.1. The molecule has 12 heteroatoms. The number of aliphatic hydroxyl groups excluding tert-OH is 1. The molecule has 0 bridgehead atoms. The van der Waals surface area contributed by atoms with Gasteiger partial charge in [0.05, 0.1) is 35.0 Å². The number of likely N-dealkylation sites (N-methyl/N-ethyl adjacent to an activating group) is 1. The quantitative estimate of drug-likeness (QED) is 0.294. The van der Waals surface area contributed by atoms with Crippen molar-refractivity contribution in [2.45, 2.75) is 44.6 Å². The summed E-state index contributed by atoms with van der Waals surface area (Å²) >= 11 is 6.41. The molecule has 0 aliphatic rings. The first-order valence-corrected chi connectivity index (χ1v) is 12.0. The summed E-state index contributed by atoms with van der Waals surface area (Å²) in [7, 11) is 1.35. The molecule has 0 saturated heterocycles. The molecule has 210 valence electrons. The van der Waals surface area contributed by atoms with Gasteiger partial charge in [0, 0.05) is 29.2 Å². The molecule has 0 radical (unpaired) electrons. The second-order valence-corrected chi connectivity index (χ2v) is 9.99. The molecular weight excluding hydrogens is 548 g/mol. The number of rotatable bonds is 7. The summed E-state index contributed by atoms with van der Waals surface area (Å²) in [6.45, 7) is 4.04. The van der Waals surface area contributed by atoms with Gasteiger partial charge in [-0.1, -0.05) is 29.8 Å². The number of aliphatic hydroxyl groups is 1. The summed E-state index contributed by atoms with van der Waals surface area (Å²) in [5.74, 6) is -0.433. The number of pyridine rings is 1. The highest BCUT2D eigenvalue weighted by Gasteiger charge is 2.41. The first-order valence-electron chi connectivity index (χ1n) is 11.7. The van der Waals surface area contributed by atoms with E-state index in [1.165, 1.54) is 27.1 Å². The van der Waals surface area contributed by atoms with Crippen LogP contribution in [-0.2, 0) is 22.6 Å². The van der Waals surface area contributed by atoms with E-state index in [0.29, 0.717) is 34.1 Å². The van der Waals surface area contributed by atoms with Crippen LogP contribution in [0.3, 0.4) is 0 Å². The van der Waals surface area contributed by atoms with Gasteiger partial charge >= 0.3 is 12.4 Å². The van der Waals surface area contributed by atoms with Crippen molar-refractivity contribution in [2.75, 3.05) is 23.9 Å². The predicted octanol–water partition coefficient (Wildman–Crippen LogP) is 7.17. The first kappa shape index (κ1) is 30.2. The zero-order valence-electron chi connectivity index (χ0n) is 21.4. The van der Waals surface area contributed by atoms with Crippen LogP contribution in [0.4, 0.5) is 37.8 Å². The molecule has 3 aromatic rings. The molecule has 0 fully saturated rings. The first-order chi connectivity index (χ1) is 18.0. The van der Waals surface area contributed by atoms with Crippen LogP contribution < -0.4 is 10.2 Å². The van der Waals surface area contributed by atoms with E-state index in [0.717, 1.165) is 4.90 Å². The molecule has 2 N–H and O–H groups in total. The number of hydrogen-bond acceptors (Lipinski definition) is 4. The molecule has 1 amide bonds. The molecule has 39 heavy (non-hydrogen) atoms. The number of alkyl halides is 6. The summed E-state index contributed by atoms with van der Waals surface area (Å²) in [6, 6.07) is 9.08. The molecule has 1 atom stereocenters. The van der Waals surface area contributed by atoms with Crippen LogP contribution >= 0.6 is 11.6 Å². The van der Waals surface area contributed by atoms with E-state index in [9.17, 15) is 36.2 Å². The van der Waals surface area contributed by atoms with E-state index in [-0.39, 0.29) is 24.4 Å². The van der Waals surface area contributed by atoms with Crippen molar-refractivity contribution in [2.24, 2.45) is 0 Å². The molecule has 1 aromatic heterocycles. The Hall–Kier alpha value is -3.31. The van der Waals surface area contributed by atoms with Gasteiger partial charge in [-0.05, 0) is 56.7 Å². The number of carbonyl (C=O) groups is 1. The Morgan fingerprint density at radius 1 is 0.974 bits per heavy atom. The summed E-state index contributed by atoms with van der Waals surface area (Å²) in [5.41, 5.74) is -4.14. The van der Waals surface area contributed by atoms with Gasteiger partial charge in [-0.2, -0.15) is 26.3 Å². The maximum Gasteiger partial charge on any atom is 0.416 e. The molecule has 0 spiro atoms. The average Bonchev–Trinajstić information content (AvgIpc) is 2.86. The molecule has 1 heterocycles. The molecule has 0 aliphatic carbocycles. The Labute approximate surface area is 226 Å². The lowest BCUT2D eigenvalue weighted by Crippen LogP contribution is -2.42. The van der Waals surface area contributed by atoms with Crippen molar-refractivity contribution in [3.05, 3.63) is 76.4 Å². The third kappa shape index (κ3) is 6.65. The molecule has 0 saturated carbocycles. The number of nitrogens with zero attached hydrogens (tertiary/aromatic N) is 2. The van der Waals surface area contributed by atoms with Crippen molar-refractivity contribution in [3.63, 3.8) is 0 Å². The summed E-state index contributed by atoms with van der Waals surface area (Å²) in [4.78, 5) is 19.1. The number of nitrogens with one attached hydrogen (secondary N) is 1. The molecule has 0 unspecified atom stereocenters. The second kappa shape index (κ2) is 11.1. The third-order valence-corrected chi connectivity index (χ3v) is 6.55. The van der Waals surface area contributed by atoms with Gasteiger partial charge in [0.2, 0.25) is 5.91 Å². The van der Waals surface area contributed by atoms with Crippen LogP contribution in [-0.4, -0.2) is 35.7 Å². The van der Waals surface area contributed by atoms with Crippen LogP contribution in [0.2, 0.25) is 5.02 Å². The Morgan fingerprint density at radius 3 is 2.03 bits per heavy atom. The molecule has 5 nitrogen and oxygen atoms in total. The van der Waals surface area contributed by atoms with Gasteiger partial charge in [0.25, 0.3) is 0 Å². The van der Waals surface area contributed by atoms with Gasteiger partial charge in [0.15, 0.2) is 0 Å². The monoisotopic (exact) mass is 573 g/mol. The summed E-state index contributed by atoms with van der Waals surface area (Å²) in [5, 5.41) is 12.7. The van der Waals surface area contributed by atoms with Crippen molar-refractivity contribution in [1.82, 2.24) is 4.98 Å². The van der Waals surface area contributed by atoms with E-state index in [1.807, 2.05) is 0 Å². The highest BCUT2D eigenvalue weighted by Crippen LogP contribution is 2.41. The standard InChI is InChI=1S/C27H26ClF6N3O2/c1-15(14-38)36-23-12-20(19-7-5-6-8-21(19)28)22(13-35-23)37(4)24(39)25(2,3)16-9-17(26(29,30)31)11-18(10-16)27(32,33)34/h5-13,15,38H,14H2,1-4H3,(H,35,36)/t15-/m0/s1. The van der Waals surface area contributed by atoms with E-state index < -0.39 is 40.4 Å². The fourth-order valence-electron chi connectivity index (χ4n) is 3.96. The number of hydrogen-bond donors (Lipinski definition) is 2. The van der Waals surface area contributed by atoms with Crippen molar-refractivity contribution >= 4 is 29.0 Å². The molecule has 3 rings (SSSR count). The fraction of sp³-hybridized carbons (Fsp3) is 0.333. The smallest absolute Gasteiger partial charge is 0.394 e. The van der Waals surface area contributed by atoms with Crippen molar-refractivity contribution in [1.29, 1.82) is 0 Å². The van der Waals surface area contributed by atoms with Crippen LogP contribution in [0.25, 0.3) is 11.1 Å². The van der Waals surface area contributed by atoms with E-state index in [2.05, 4.69) is 10.3 Å². The Morgan fingerprint density at radius 2 is 1.51 bits per heavy atom. The van der Waals surface area contributed by atoms with Crippen LogP contribution in [0.1, 0.15) is 37.5 Å². The minimum Gasteiger partial charge on any atom is -0.394 e. The number of anilines is 2. The van der Waals surface area contributed by atoms with Gasteiger partial charge in [0.1, 0.15) is 5.82 Å². The number of aromatic nitrogens is 1. The number of halogens is 7. The average molecular weight is 574 g/mol. The maximum absolute atomic E-state index is 13.7. The summed E-state index contributed by atoms with van der Waals surface area (Å²) < 4.78 is 80.9. The predicted molar refractivity (Wildman–Crippen MR) is 138 cm³/mol. The van der Waals surface area contributed by atoms with Crippen LogP contribution in [0.5, 0.6) is 0 Å². The van der Waals surface area contributed by atoms with Crippen molar-refractivity contribution < 1.29 is 36.2 Å². The lowest BCUT2D eigenvalue weighted by molar-refractivity contribution is -0.143. The highest BCUT2D eigenvalue weighted by atomic mass is 35.5. The topological polar surface area (TPSA) is 65.5 Å². The molecular formula is C27H26ClF6N3O2. The third-order valence-electron chi connectivity index (χ3n) is 6.23. The Balaban J connectivity index is 2.14. The molecule has 0 aliphatic heterocycles. The lowest BCUT2D eigenvalue weighted by Gasteiger charge is -2.32. The highest BCUT2D eigenvalue weighted by molar-refractivity contribution is 6.33. The van der Waals surface area contributed by atoms with E-state index >= 15 is 0 Å². The minimum atomic E-state index is -5.06. The van der Waals surface area contributed by atoms with Gasteiger partial charge in [-0.3, -0.25) is 4.79 Å². The van der Waals surface area contributed by atoms with Gasteiger partial charge in [-0.25, -0.2) is 4.98 Å². The van der Waals surface area contributed by atoms with Crippen LogP contribution in [0, 0.1) is 0 Å². The number of carbonyl (C=O) groups excluding carboxylic acids is 1. The number of amides is 1. The SMILES string of the molecule is C[C@@H](CO)Nc1cc(-c2ccccc2Cl)c(N(C)C(=O)C(C)(C)c2cc(C(F)(F)F)cc(C(F)(F)F)c2)cn1. The Kier molecular flexibility index (Phi) is 8.57. The van der Waals surface area contributed by atoms with Crippen molar-refractivity contribution in [3.8, 4) is 11.1 Å². The second-order valence-electron chi connectivity index (χ2n) is 9.58. The lowest BCUT2D eigenvalue weighted by atomic mass is 9.81. The van der Waals surface area contributed by atoms with E-state index in [1.54, 1.807) is 37.3 Å². The zero-order chi connectivity index (χ0) is 29.3. The fourth-order valence-corrected chi connectivity index (χ4v) is 4.19. The normalized spacial score (nSPS) is 13.2. The largest absolute Gasteiger partial charge is 0.416 e.